The molecule has 1 aliphatic heterocycles. The SMILES string of the molecule is COc1cc2c(cc1OC)C(c1ccccc1)N(CC(=O)NCCc1ccc(F)cc1)CC2. The Balaban J connectivity index is 1.51. The van der Waals surface area contributed by atoms with Crippen molar-refractivity contribution in [2.45, 2.75) is 18.9 Å². The fourth-order valence-electron chi connectivity index (χ4n) is 4.43. The number of carbonyl (C=O) groups is 1. The van der Waals surface area contributed by atoms with Crippen LogP contribution < -0.4 is 14.8 Å². The summed E-state index contributed by atoms with van der Waals surface area (Å²) in [7, 11) is 3.28. The van der Waals surface area contributed by atoms with Crippen LogP contribution in [0, 0.1) is 5.82 Å². The van der Waals surface area contributed by atoms with Gasteiger partial charge in [-0.05, 0) is 59.4 Å². The maximum atomic E-state index is 13.1. The fourth-order valence-corrected chi connectivity index (χ4v) is 4.43. The van der Waals surface area contributed by atoms with Gasteiger partial charge in [-0.1, -0.05) is 42.5 Å². The lowest BCUT2D eigenvalue weighted by molar-refractivity contribution is -0.122. The number of methoxy groups -OCH3 is 2. The molecule has 6 heteroatoms. The highest BCUT2D eigenvalue weighted by Crippen LogP contribution is 2.40. The molecule has 0 spiro atoms. The van der Waals surface area contributed by atoms with E-state index in [1.165, 1.54) is 17.7 Å². The summed E-state index contributed by atoms with van der Waals surface area (Å²) in [5.74, 6) is 1.12. The summed E-state index contributed by atoms with van der Waals surface area (Å²) >= 11 is 0. The smallest absolute Gasteiger partial charge is 0.234 e. The zero-order valence-corrected chi connectivity index (χ0v) is 19.0. The molecule has 0 aromatic heterocycles. The molecule has 33 heavy (non-hydrogen) atoms. The van der Waals surface area contributed by atoms with Gasteiger partial charge in [-0.3, -0.25) is 9.69 Å². The van der Waals surface area contributed by atoms with E-state index in [4.69, 9.17) is 9.47 Å². The van der Waals surface area contributed by atoms with Gasteiger partial charge in [0.25, 0.3) is 0 Å². The van der Waals surface area contributed by atoms with Crippen LogP contribution in [0.15, 0.2) is 66.7 Å². The van der Waals surface area contributed by atoms with Crippen LogP contribution in [0.25, 0.3) is 0 Å². The first-order chi connectivity index (χ1) is 16.1. The second-order valence-electron chi connectivity index (χ2n) is 8.17. The Kier molecular flexibility index (Phi) is 7.25. The van der Waals surface area contributed by atoms with Crippen LogP contribution in [-0.2, 0) is 17.6 Å². The number of benzene rings is 3. The normalized spacial score (nSPS) is 15.5. The highest BCUT2D eigenvalue weighted by Gasteiger charge is 2.31. The molecule has 172 valence electrons. The molecule has 1 amide bonds. The number of fused-ring (bicyclic) bond motifs is 1. The summed E-state index contributed by atoms with van der Waals surface area (Å²) in [6, 6.07) is 20.6. The summed E-state index contributed by atoms with van der Waals surface area (Å²) in [5, 5.41) is 3.01. The Hall–Kier alpha value is -3.38. The maximum absolute atomic E-state index is 13.1. The van der Waals surface area contributed by atoms with Crippen LogP contribution in [0.4, 0.5) is 4.39 Å². The van der Waals surface area contributed by atoms with Crippen LogP contribution >= 0.6 is 0 Å². The lowest BCUT2D eigenvalue weighted by Crippen LogP contribution is -2.43. The average Bonchev–Trinajstić information content (AvgIpc) is 2.84. The van der Waals surface area contributed by atoms with Crippen LogP contribution in [0.1, 0.15) is 28.3 Å². The van der Waals surface area contributed by atoms with Crippen LogP contribution in [0.5, 0.6) is 11.5 Å². The molecule has 1 unspecified atom stereocenters. The number of carbonyl (C=O) groups excluding carboxylic acids is 1. The number of nitrogens with zero attached hydrogens (tertiary/aromatic N) is 1. The number of hydrogen-bond donors (Lipinski definition) is 1. The Morgan fingerprint density at radius 1 is 1.03 bits per heavy atom. The van der Waals surface area contributed by atoms with E-state index in [0.717, 1.165) is 35.4 Å². The number of halogens is 1. The molecule has 3 aromatic rings. The molecule has 0 aliphatic carbocycles. The van der Waals surface area contributed by atoms with Crippen molar-refractivity contribution in [3.05, 3.63) is 94.8 Å². The summed E-state index contributed by atoms with van der Waals surface area (Å²) in [4.78, 5) is 15.0. The molecule has 0 saturated heterocycles. The molecule has 0 radical (unpaired) electrons. The Morgan fingerprint density at radius 3 is 2.42 bits per heavy atom. The second kappa shape index (κ2) is 10.5. The van der Waals surface area contributed by atoms with E-state index in [2.05, 4.69) is 22.3 Å². The third-order valence-corrected chi connectivity index (χ3v) is 6.08. The minimum absolute atomic E-state index is 0.0260. The standard InChI is InChI=1S/C27H29FN2O3/c1-32-24-16-21-13-15-30(18-26(31)29-14-12-19-8-10-22(28)11-9-19)27(20-6-4-3-5-7-20)23(21)17-25(24)33-2/h3-11,16-17,27H,12-15,18H2,1-2H3,(H,29,31). The van der Waals surface area contributed by atoms with Crippen molar-refractivity contribution >= 4 is 5.91 Å². The van der Waals surface area contributed by atoms with E-state index in [1.54, 1.807) is 26.4 Å². The van der Waals surface area contributed by atoms with E-state index in [9.17, 15) is 9.18 Å². The van der Waals surface area contributed by atoms with E-state index in [1.807, 2.05) is 30.3 Å². The van der Waals surface area contributed by atoms with E-state index < -0.39 is 0 Å². The molecule has 1 aliphatic rings. The summed E-state index contributed by atoms with van der Waals surface area (Å²) in [6.45, 7) is 1.56. The van der Waals surface area contributed by atoms with Gasteiger partial charge in [0.05, 0.1) is 26.8 Å². The molecule has 0 fully saturated rings. The lowest BCUT2D eigenvalue weighted by atomic mass is 9.87. The van der Waals surface area contributed by atoms with Crippen molar-refractivity contribution in [2.75, 3.05) is 33.9 Å². The highest BCUT2D eigenvalue weighted by atomic mass is 19.1. The van der Waals surface area contributed by atoms with Crippen molar-refractivity contribution in [3.8, 4) is 11.5 Å². The Morgan fingerprint density at radius 2 is 1.73 bits per heavy atom. The molecular formula is C27H29FN2O3. The highest BCUT2D eigenvalue weighted by molar-refractivity contribution is 5.78. The van der Waals surface area contributed by atoms with Gasteiger partial charge in [0.2, 0.25) is 5.91 Å². The zero-order chi connectivity index (χ0) is 23.2. The molecule has 1 N–H and O–H groups in total. The second-order valence-corrected chi connectivity index (χ2v) is 8.17. The van der Waals surface area contributed by atoms with E-state index >= 15 is 0 Å². The van der Waals surface area contributed by atoms with Crippen molar-refractivity contribution in [2.24, 2.45) is 0 Å². The molecule has 4 rings (SSSR count). The van der Waals surface area contributed by atoms with E-state index in [-0.39, 0.29) is 24.3 Å². The van der Waals surface area contributed by atoms with Crippen molar-refractivity contribution in [1.29, 1.82) is 0 Å². The Bertz CT molecular complexity index is 1090. The predicted octanol–water partition coefficient (Wildman–Crippen LogP) is 4.15. The van der Waals surface area contributed by atoms with Crippen LogP contribution in [0.3, 0.4) is 0 Å². The van der Waals surface area contributed by atoms with Crippen molar-refractivity contribution in [3.63, 3.8) is 0 Å². The first-order valence-electron chi connectivity index (χ1n) is 11.1. The number of ether oxygens (including phenoxy) is 2. The largest absolute Gasteiger partial charge is 0.493 e. The topological polar surface area (TPSA) is 50.8 Å². The van der Waals surface area contributed by atoms with E-state index in [0.29, 0.717) is 18.7 Å². The average molecular weight is 449 g/mol. The zero-order valence-electron chi connectivity index (χ0n) is 19.0. The number of rotatable bonds is 8. The molecule has 0 saturated carbocycles. The van der Waals surface area contributed by atoms with Gasteiger partial charge >= 0.3 is 0 Å². The molecule has 5 nitrogen and oxygen atoms in total. The van der Waals surface area contributed by atoms with Crippen LogP contribution in [-0.4, -0.2) is 44.7 Å². The number of nitrogens with one attached hydrogen (secondary N) is 1. The minimum atomic E-state index is -0.255. The lowest BCUT2D eigenvalue weighted by Gasteiger charge is -2.37. The fraction of sp³-hybridized carbons (Fsp3) is 0.296. The minimum Gasteiger partial charge on any atom is -0.493 e. The third kappa shape index (κ3) is 5.34. The monoisotopic (exact) mass is 448 g/mol. The quantitative estimate of drug-likeness (QED) is 0.563. The van der Waals surface area contributed by atoms with Crippen molar-refractivity contribution in [1.82, 2.24) is 10.2 Å². The number of hydrogen-bond acceptors (Lipinski definition) is 4. The third-order valence-electron chi connectivity index (χ3n) is 6.08. The van der Waals surface area contributed by atoms with Gasteiger partial charge in [0.1, 0.15) is 5.82 Å². The molecule has 0 bridgehead atoms. The van der Waals surface area contributed by atoms with Gasteiger partial charge in [-0.2, -0.15) is 0 Å². The van der Waals surface area contributed by atoms with Gasteiger partial charge < -0.3 is 14.8 Å². The Labute approximate surface area is 194 Å². The van der Waals surface area contributed by atoms with Crippen LogP contribution in [0.2, 0.25) is 0 Å². The summed E-state index contributed by atoms with van der Waals surface area (Å²) < 4.78 is 24.1. The molecule has 1 heterocycles. The first-order valence-corrected chi connectivity index (χ1v) is 11.1. The van der Waals surface area contributed by atoms with Crippen molar-refractivity contribution < 1.29 is 18.7 Å². The van der Waals surface area contributed by atoms with Gasteiger partial charge in [0, 0.05) is 13.1 Å². The van der Waals surface area contributed by atoms with Gasteiger partial charge in [-0.15, -0.1) is 0 Å². The first kappa shape index (κ1) is 22.8. The summed E-state index contributed by atoms with van der Waals surface area (Å²) in [6.07, 6.45) is 1.48. The molecular weight excluding hydrogens is 419 g/mol. The number of amides is 1. The maximum Gasteiger partial charge on any atom is 0.234 e. The molecule has 3 aromatic carbocycles. The predicted molar refractivity (Wildman–Crippen MR) is 126 cm³/mol. The summed E-state index contributed by atoms with van der Waals surface area (Å²) in [5.41, 5.74) is 4.45. The van der Waals surface area contributed by atoms with Gasteiger partial charge in [-0.25, -0.2) is 4.39 Å². The van der Waals surface area contributed by atoms with Gasteiger partial charge in [0.15, 0.2) is 11.5 Å². The molecule has 1 atom stereocenters.